The molecule has 1 unspecified atom stereocenters. The first kappa shape index (κ1) is 32.8. The summed E-state index contributed by atoms with van der Waals surface area (Å²) in [5, 5.41) is 18.1. The van der Waals surface area contributed by atoms with Crippen LogP contribution in [-0.4, -0.2) is 52.9 Å². The van der Waals surface area contributed by atoms with Gasteiger partial charge in [-0.2, -0.15) is 18.3 Å². The molecule has 0 aliphatic carbocycles. The number of nitrogens with one attached hydrogen (secondary N) is 1. The molecule has 0 spiro atoms. The van der Waals surface area contributed by atoms with E-state index in [1.807, 2.05) is 30.3 Å². The minimum Gasteiger partial charge on any atom is -0.381 e. The van der Waals surface area contributed by atoms with Gasteiger partial charge in [0.2, 0.25) is 0 Å². The maximum atomic E-state index is 14.8. The van der Waals surface area contributed by atoms with Gasteiger partial charge in [-0.25, -0.2) is 22.2 Å². The summed E-state index contributed by atoms with van der Waals surface area (Å²) in [5.41, 5.74) is -2.66. The van der Waals surface area contributed by atoms with Crippen LogP contribution in [0.4, 0.5) is 42.1 Å². The van der Waals surface area contributed by atoms with Crippen molar-refractivity contribution >= 4 is 22.3 Å². The number of rotatable bonds is 13. The molecule has 0 saturated heterocycles. The Morgan fingerprint density at radius 3 is 2.33 bits per heavy atom. The van der Waals surface area contributed by atoms with E-state index in [-0.39, 0.29) is 37.6 Å². The lowest BCUT2D eigenvalue weighted by molar-refractivity contribution is -0.250. The summed E-state index contributed by atoms with van der Waals surface area (Å²) in [6, 6.07) is 19.0. The number of aromatic nitrogens is 2. The number of benzene rings is 4. The molecular weight excluding hydrogens is 617 g/mol. The number of ether oxygens (including phenoxy) is 1. The van der Waals surface area contributed by atoms with E-state index in [9.17, 15) is 35.8 Å². The SMILES string of the molecule is OC(CNc1cccc2c1cnn2-c1ccc(F)cc1F)(CN(CCCOCc1ccccc1)c1cc(F)ccc1F)C(F)(F)F. The van der Waals surface area contributed by atoms with Gasteiger partial charge in [0.25, 0.3) is 0 Å². The number of nitrogens with zero attached hydrogens (tertiary/aromatic N) is 3. The lowest BCUT2D eigenvalue weighted by Gasteiger charge is -2.37. The molecule has 1 atom stereocenters. The molecule has 0 bridgehead atoms. The molecule has 6 nitrogen and oxygen atoms in total. The summed E-state index contributed by atoms with van der Waals surface area (Å²) in [6.45, 7) is -2.06. The molecule has 5 rings (SSSR count). The number of halogens is 7. The average molecular weight is 647 g/mol. The summed E-state index contributed by atoms with van der Waals surface area (Å²) < 4.78 is 107. The monoisotopic (exact) mass is 646 g/mol. The average Bonchev–Trinajstić information content (AvgIpc) is 3.45. The molecule has 0 aliphatic heterocycles. The summed E-state index contributed by atoms with van der Waals surface area (Å²) in [6.07, 6.45) is -3.78. The van der Waals surface area contributed by atoms with E-state index in [0.29, 0.717) is 17.0 Å². The Morgan fingerprint density at radius 1 is 0.848 bits per heavy atom. The van der Waals surface area contributed by atoms with Crippen molar-refractivity contribution in [3.63, 3.8) is 0 Å². The molecule has 1 heterocycles. The van der Waals surface area contributed by atoms with Crippen LogP contribution in [0.15, 0.2) is 91.1 Å². The van der Waals surface area contributed by atoms with Crippen LogP contribution < -0.4 is 10.2 Å². The molecule has 2 N–H and O–H groups in total. The van der Waals surface area contributed by atoms with E-state index >= 15 is 0 Å². The van der Waals surface area contributed by atoms with Crippen molar-refractivity contribution in [3.05, 3.63) is 120 Å². The van der Waals surface area contributed by atoms with Gasteiger partial charge in [0, 0.05) is 36.4 Å². The second kappa shape index (κ2) is 13.8. The summed E-state index contributed by atoms with van der Waals surface area (Å²) >= 11 is 0. The molecule has 0 amide bonds. The van der Waals surface area contributed by atoms with E-state index < -0.39 is 53.8 Å². The van der Waals surface area contributed by atoms with Crippen molar-refractivity contribution < 1.29 is 40.6 Å². The molecule has 4 aromatic carbocycles. The highest BCUT2D eigenvalue weighted by Gasteiger charge is 2.54. The molecule has 0 saturated carbocycles. The first-order valence-electron chi connectivity index (χ1n) is 14.2. The predicted octanol–water partition coefficient (Wildman–Crippen LogP) is 7.40. The maximum Gasteiger partial charge on any atom is 0.420 e. The molecular formula is C33H29F7N4O2. The van der Waals surface area contributed by atoms with Crippen molar-refractivity contribution in [1.82, 2.24) is 9.78 Å². The van der Waals surface area contributed by atoms with Crippen LogP contribution in [0.25, 0.3) is 16.6 Å². The highest BCUT2D eigenvalue weighted by Crippen LogP contribution is 2.35. The van der Waals surface area contributed by atoms with E-state index in [2.05, 4.69) is 10.4 Å². The van der Waals surface area contributed by atoms with Gasteiger partial charge in [-0.3, -0.25) is 0 Å². The number of fused-ring (bicyclic) bond motifs is 1. The van der Waals surface area contributed by atoms with Crippen molar-refractivity contribution in [2.45, 2.75) is 24.8 Å². The second-order valence-electron chi connectivity index (χ2n) is 10.7. The lowest BCUT2D eigenvalue weighted by Crippen LogP contribution is -2.58. The third-order valence-electron chi connectivity index (χ3n) is 7.38. The van der Waals surface area contributed by atoms with E-state index in [1.54, 1.807) is 6.07 Å². The van der Waals surface area contributed by atoms with Crippen molar-refractivity contribution in [2.24, 2.45) is 0 Å². The zero-order chi connectivity index (χ0) is 32.9. The van der Waals surface area contributed by atoms with Crippen molar-refractivity contribution in [2.75, 3.05) is 36.5 Å². The number of anilines is 2. The molecule has 0 aliphatic rings. The fourth-order valence-corrected chi connectivity index (χ4v) is 4.99. The lowest BCUT2D eigenvalue weighted by atomic mass is 10.0. The Kier molecular flexibility index (Phi) is 9.82. The van der Waals surface area contributed by atoms with Gasteiger partial charge in [0.05, 0.1) is 37.1 Å². The van der Waals surface area contributed by atoms with Crippen LogP contribution in [0.1, 0.15) is 12.0 Å². The zero-order valence-corrected chi connectivity index (χ0v) is 24.2. The van der Waals surface area contributed by atoms with Crippen LogP contribution in [-0.2, 0) is 11.3 Å². The topological polar surface area (TPSA) is 62.5 Å². The highest BCUT2D eigenvalue weighted by molar-refractivity contribution is 5.92. The molecule has 46 heavy (non-hydrogen) atoms. The molecule has 13 heteroatoms. The van der Waals surface area contributed by atoms with Crippen LogP contribution in [0.3, 0.4) is 0 Å². The van der Waals surface area contributed by atoms with Gasteiger partial charge < -0.3 is 20.1 Å². The van der Waals surface area contributed by atoms with Crippen molar-refractivity contribution in [3.8, 4) is 5.69 Å². The molecule has 5 aromatic rings. The number of aliphatic hydroxyl groups is 1. The number of hydrogen-bond acceptors (Lipinski definition) is 5. The van der Waals surface area contributed by atoms with Gasteiger partial charge in [-0.15, -0.1) is 0 Å². The molecule has 0 radical (unpaired) electrons. The zero-order valence-electron chi connectivity index (χ0n) is 24.2. The highest BCUT2D eigenvalue weighted by atomic mass is 19.4. The number of hydrogen-bond donors (Lipinski definition) is 2. The number of alkyl halides is 3. The minimum atomic E-state index is -5.21. The fourth-order valence-electron chi connectivity index (χ4n) is 4.99. The van der Waals surface area contributed by atoms with E-state index in [1.165, 1.54) is 29.1 Å². The van der Waals surface area contributed by atoms with E-state index in [0.717, 1.165) is 34.7 Å². The third kappa shape index (κ3) is 7.43. The van der Waals surface area contributed by atoms with E-state index in [4.69, 9.17) is 4.74 Å². The Hall–Kier alpha value is -4.62. The minimum absolute atomic E-state index is 0.0825. The van der Waals surface area contributed by atoms with Gasteiger partial charge in [-0.05, 0) is 48.4 Å². The molecule has 0 fully saturated rings. The maximum absolute atomic E-state index is 14.8. The first-order valence-corrected chi connectivity index (χ1v) is 14.2. The van der Waals surface area contributed by atoms with Gasteiger partial charge in [-0.1, -0.05) is 36.4 Å². The summed E-state index contributed by atoms with van der Waals surface area (Å²) in [5.74, 6) is -3.52. The predicted molar refractivity (Wildman–Crippen MR) is 160 cm³/mol. The summed E-state index contributed by atoms with van der Waals surface area (Å²) in [7, 11) is 0. The van der Waals surface area contributed by atoms with Crippen LogP contribution in [0.2, 0.25) is 0 Å². The normalized spacial score (nSPS) is 13.1. The Balaban J connectivity index is 1.36. The first-order chi connectivity index (χ1) is 21.9. The summed E-state index contributed by atoms with van der Waals surface area (Å²) in [4.78, 5) is 0.940. The smallest absolute Gasteiger partial charge is 0.381 e. The largest absolute Gasteiger partial charge is 0.420 e. The fraction of sp³-hybridized carbons (Fsp3) is 0.242. The molecule has 1 aromatic heterocycles. The molecule has 242 valence electrons. The van der Waals surface area contributed by atoms with Crippen LogP contribution in [0, 0.1) is 23.3 Å². The van der Waals surface area contributed by atoms with Crippen LogP contribution in [0.5, 0.6) is 0 Å². The Bertz CT molecular complexity index is 1780. The van der Waals surface area contributed by atoms with Gasteiger partial charge >= 0.3 is 6.18 Å². The van der Waals surface area contributed by atoms with Crippen LogP contribution >= 0.6 is 0 Å². The van der Waals surface area contributed by atoms with Gasteiger partial charge in [0.1, 0.15) is 23.1 Å². The standard InChI is InChI=1S/C33H29F7N4O2/c34-23-11-13-30(27(37)16-23)44-29-9-4-8-28(25(29)18-42-44)41-20-32(45,33(38,39)40)21-43(31-17-24(35)10-12-26(31)36)14-5-15-46-19-22-6-2-1-3-7-22/h1-4,6-13,16-18,41,45H,5,14-15,19-21H2. The quantitative estimate of drug-likeness (QED) is 0.103. The Labute approximate surface area is 259 Å². The van der Waals surface area contributed by atoms with Gasteiger partial charge in [0.15, 0.2) is 11.4 Å². The Morgan fingerprint density at radius 2 is 1.59 bits per heavy atom. The second-order valence-corrected chi connectivity index (χ2v) is 10.7. The third-order valence-corrected chi connectivity index (χ3v) is 7.38. The van der Waals surface area contributed by atoms with Crippen molar-refractivity contribution in [1.29, 1.82) is 0 Å².